The lowest BCUT2D eigenvalue weighted by atomic mass is 10.1. The Morgan fingerprint density at radius 2 is 1.62 bits per heavy atom. The molecule has 0 spiro atoms. The van der Waals surface area contributed by atoms with Crippen molar-refractivity contribution >= 4 is 41.0 Å². The zero-order chi connectivity index (χ0) is 21.6. The molecule has 0 saturated heterocycles. The molecule has 0 aliphatic heterocycles. The summed E-state index contributed by atoms with van der Waals surface area (Å²) < 4.78 is 31.5. The number of para-hydroxylation sites is 1. The molecule has 8 heteroatoms. The van der Waals surface area contributed by atoms with E-state index < -0.39 is 6.61 Å². The number of hydrogen-bond acceptors (Lipinski definition) is 3. The molecule has 3 nitrogen and oxygen atoms in total. The number of hydrogen-bond donors (Lipinski definition) is 0. The highest BCUT2D eigenvalue weighted by Gasteiger charge is 2.11. The smallest absolute Gasteiger partial charge is 0.387 e. The average molecular weight is 493 g/mol. The van der Waals surface area contributed by atoms with Crippen LogP contribution in [0.3, 0.4) is 0 Å². The van der Waals surface area contributed by atoms with Crippen LogP contribution < -0.4 is 9.54 Å². The van der Waals surface area contributed by atoms with Gasteiger partial charge in [0, 0.05) is 11.9 Å². The normalized spacial score (nSPS) is 11.4. The highest BCUT2D eigenvalue weighted by molar-refractivity contribution is 7.07. The summed E-state index contributed by atoms with van der Waals surface area (Å²) in [6.45, 7) is -2.13. The quantitative estimate of drug-likeness (QED) is 0.264. The number of rotatable bonds is 7. The van der Waals surface area contributed by atoms with Crippen LogP contribution in [0.5, 0.6) is 5.75 Å². The van der Waals surface area contributed by atoms with Gasteiger partial charge < -0.3 is 9.30 Å². The van der Waals surface area contributed by atoms with Crippen LogP contribution in [-0.4, -0.2) is 11.2 Å². The number of alkyl halides is 2. The van der Waals surface area contributed by atoms with Gasteiger partial charge >= 0.3 is 6.61 Å². The number of aryl methyl sites for hydroxylation is 1. The van der Waals surface area contributed by atoms with Crippen LogP contribution in [0.2, 0.25) is 5.02 Å². The third-order valence-electron chi connectivity index (χ3n) is 4.71. The summed E-state index contributed by atoms with van der Waals surface area (Å²) >= 11 is 7.82. The summed E-state index contributed by atoms with van der Waals surface area (Å²) in [4.78, 5) is 5.59. The molecule has 0 aliphatic rings. The summed E-state index contributed by atoms with van der Waals surface area (Å²) in [7, 11) is 0. The minimum Gasteiger partial charge on any atom is -0.435 e. The maximum absolute atomic E-state index is 12.5. The fraction of sp³-hybridized carbons (Fsp3) is 0.125. The van der Waals surface area contributed by atoms with Crippen molar-refractivity contribution in [2.75, 3.05) is 0 Å². The number of thiazole rings is 1. The predicted molar refractivity (Wildman–Crippen MR) is 128 cm³/mol. The molecule has 1 aromatic heterocycles. The third-order valence-corrected chi connectivity index (χ3v) is 5.89. The molecule has 0 aliphatic carbocycles. The number of halogens is 4. The number of ether oxygens (including phenoxy) is 1. The Morgan fingerprint density at radius 1 is 0.938 bits per heavy atom. The molecule has 0 fully saturated rings. The summed E-state index contributed by atoms with van der Waals surface area (Å²) in [5.41, 5.74) is 3.77. The van der Waals surface area contributed by atoms with Crippen LogP contribution in [0.1, 0.15) is 5.56 Å². The monoisotopic (exact) mass is 492 g/mol. The molecule has 4 aromatic rings. The first-order chi connectivity index (χ1) is 15.1. The molecule has 1 heterocycles. The Balaban J connectivity index is 0.00000289. The third kappa shape index (κ3) is 5.97. The van der Waals surface area contributed by atoms with Gasteiger partial charge in [0.25, 0.3) is 0 Å². The van der Waals surface area contributed by atoms with E-state index in [0.717, 1.165) is 22.5 Å². The van der Waals surface area contributed by atoms with E-state index in [1.807, 2.05) is 47.8 Å². The average Bonchev–Trinajstić information content (AvgIpc) is 3.17. The van der Waals surface area contributed by atoms with E-state index in [0.29, 0.717) is 17.3 Å². The molecule has 0 saturated carbocycles. The maximum atomic E-state index is 12.5. The lowest BCUT2D eigenvalue weighted by molar-refractivity contribution is -0.0498. The predicted octanol–water partition coefficient (Wildman–Crippen LogP) is 7.37. The van der Waals surface area contributed by atoms with Gasteiger partial charge in [-0.2, -0.15) is 8.78 Å². The molecule has 32 heavy (non-hydrogen) atoms. The molecule has 0 atom stereocenters. The molecular weight excluding hydrogens is 473 g/mol. The van der Waals surface area contributed by atoms with E-state index in [9.17, 15) is 8.78 Å². The van der Waals surface area contributed by atoms with Gasteiger partial charge in [-0.05, 0) is 53.9 Å². The first-order valence-electron chi connectivity index (χ1n) is 9.67. The standard InChI is InChI=1S/C24H19ClF2N2OS.ClH/c25-20-8-4-5-9-21(20)28-24-29(15-14-17-6-2-1-3-7-17)22(16-31-24)18-10-12-19(13-11-18)30-23(26)27;/h1-13,16,23H,14-15H2;1H. The van der Waals surface area contributed by atoms with Crippen molar-refractivity contribution in [1.29, 1.82) is 0 Å². The summed E-state index contributed by atoms with van der Waals surface area (Å²) in [6.07, 6.45) is 0.826. The van der Waals surface area contributed by atoms with E-state index in [2.05, 4.69) is 21.4 Å². The molecule has 3 aromatic carbocycles. The molecule has 0 bridgehead atoms. The SMILES string of the molecule is Cl.FC(F)Oc1ccc(-c2csc(=Nc3ccccc3Cl)n2CCc2ccccc2)cc1. The fourth-order valence-corrected chi connectivity index (χ4v) is 4.33. The molecule has 0 N–H and O–H groups in total. The van der Waals surface area contributed by atoms with Crippen molar-refractivity contribution in [2.24, 2.45) is 4.99 Å². The van der Waals surface area contributed by atoms with E-state index in [1.54, 1.807) is 24.3 Å². The number of benzene rings is 3. The van der Waals surface area contributed by atoms with Crippen molar-refractivity contribution in [1.82, 2.24) is 4.57 Å². The van der Waals surface area contributed by atoms with Gasteiger partial charge in [0.15, 0.2) is 4.80 Å². The first-order valence-corrected chi connectivity index (χ1v) is 10.9. The van der Waals surface area contributed by atoms with Crippen LogP contribution in [-0.2, 0) is 13.0 Å². The van der Waals surface area contributed by atoms with Gasteiger partial charge in [-0.15, -0.1) is 23.7 Å². The van der Waals surface area contributed by atoms with Gasteiger partial charge in [0.2, 0.25) is 0 Å². The second-order valence-electron chi connectivity index (χ2n) is 6.76. The Labute approximate surface area is 200 Å². The lowest BCUT2D eigenvalue weighted by Gasteiger charge is -2.11. The highest BCUT2D eigenvalue weighted by atomic mass is 35.5. The largest absolute Gasteiger partial charge is 0.435 e. The molecule has 0 unspecified atom stereocenters. The minimum absolute atomic E-state index is 0. The van der Waals surface area contributed by atoms with Gasteiger partial charge in [0.1, 0.15) is 5.75 Å². The molecule has 0 radical (unpaired) electrons. The minimum atomic E-state index is -2.84. The molecule has 0 amide bonds. The Bertz CT molecular complexity index is 1210. The first kappa shape index (κ1) is 24.0. The fourth-order valence-electron chi connectivity index (χ4n) is 3.20. The van der Waals surface area contributed by atoms with Crippen molar-refractivity contribution in [3.8, 4) is 17.0 Å². The van der Waals surface area contributed by atoms with Gasteiger partial charge in [-0.3, -0.25) is 0 Å². The van der Waals surface area contributed by atoms with Gasteiger partial charge in [-0.1, -0.05) is 54.1 Å². The van der Waals surface area contributed by atoms with E-state index in [1.165, 1.54) is 16.9 Å². The molecule has 4 rings (SSSR count). The maximum Gasteiger partial charge on any atom is 0.387 e. The Morgan fingerprint density at radius 3 is 2.31 bits per heavy atom. The van der Waals surface area contributed by atoms with E-state index in [-0.39, 0.29) is 18.2 Å². The van der Waals surface area contributed by atoms with Crippen LogP contribution in [0, 0.1) is 0 Å². The zero-order valence-corrected chi connectivity index (χ0v) is 19.2. The van der Waals surface area contributed by atoms with Crippen molar-refractivity contribution in [2.45, 2.75) is 19.6 Å². The summed E-state index contributed by atoms with van der Waals surface area (Å²) in [5, 5.41) is 2.60. The van der Waals surface area contributed by atoms with E-state index >= 15 is 0 Å². The lowest BCUT2D eigenvalue weighted by Crippen LogP contribution is -2.17. The summed E-state index contributed by atoms with van der Waals surface area (Å²) in [6, 6.07) is 24.3. The van der Waals surface area contributed by atoms with Crippen LogP contribution in [0.15, 0.2) is 89.2 Å². The topological polar surface area (TPSA) is 26.5 Å². The van der Waals surface area contributed by atoms with Crippen molar-refractivity contribution < 1.29 is 13.5 Å². The second-order valence-corrected chi connectivity index (χ2v) is 8.00. The van der Waals surface area contributed by atoms with Crippen LogP contribution in [0.4, 0.5) is 14.5 Å². The van der Waals surface area contributed by atoms with Gasteiger partial charge in [-0.25, -0.2) is 4.99 Å². The molecular formula is C24H20Cl2F2N2OS. The Hall–Kier alpha value is -2.67. The van der Waals surface area contributed by atoms with Crippen LogP contribution >= 0.6 is 35.3 Å². The summed E-state index contributed by atoms with van der Waals surface area (Å²) in [5.74, 6) is 0.130. The highest BCUT2D eigenvalue weighted by Crippen LogP contribution is 2.26. The van der Waals surface area contributed by atoms with Gasteiger partial charge in [0.05, 0.1) is 16.4 Å². The van der Waals surface area contributed by atoms with Crippen molar-refractivity contribution in [3.63, 3.8) is 0 Å². The molecule has 166 valence electrons. The number of aromatic nitrogens is 1. The van der Waals surface area contributed by atoms with E-state index in [4.69, 9.17) is 16.6 Å². The van der Waals surface area contributed by atoms with Crippen molar-refractivity contribution in [3.05, 3.63) is 99.6 Å². The number of nitrogens with zero attached hydrogens (tertiary/aromatic N) is 2. The van der Waals surface area contributed by atoms with Crippen LogP contribution in [0.25, 0.3) is 11.3 Å². The second kappa shape index (κ2) is 11.3. The Kier molecular flexibility index (Phi) is 8.45. The zero-order valence-electron chi connectivity index (χ0n) is 16.8.